The summed E-state index contributed by atoms with van der Waals surface area (Å²) in [6.45, 7) is 6.62. The fourth-order valence-corrected chi connectivity index (χ4v) is 6.29. The number of nitro benzene ring substituents is 1. The highest BCUT2D eigenvalue weighted by Crippen LogP contribution is 2.33. The molecule has 8 nitrogen and oxygen atoms in total. The molecule has 1 aliphatic rings. The van der Waals surface area contributed by atoms with Crippen LogP contribution in [-0.2, 0) is 16.4 Å². The number of sulfonamides is 1. The number of nitrogens with zero attached hydrogens (tertiary/aromatic N) is 4. The first-order valence-electron chi connectivity index (χ1n) is 9.26. The minimum atomic E-state index is -3.82. The molecule has 0 N–H and O–H groups in total. The van der Waals surface area contributed by atoms with Crippen LogP contribution in [0.15, 0.2) is 23.1 Å². The van der Waals surface area contributed by atoms with Gasteiger partial charge in [-0.15, -0.1) is 21.5 Å². The Morgan fingerprint density at radius 2 is 2.11 bits per heavy atom. The molecule has 0 bridgehead atoms. The lowest BCUT2D eigenvalue weighted by molar-refractivity contribution is -0.385. The lowest BCUT2D eigenvalue weighted by Crippen LogP contribution is -2.39. The molecule has 1 saturated heterocycles. The van der Waals surface area contributed by atoms with E-state index in [2.05, 4.69) is 24.0 Å². The molecule has 3 rings (SSSR count). The fourth-order valence-electron chi connectivity index (χ4n) is 3.34. The van der Waals surface area contributed by atoms with E-state index in [-0.39, 0.29) is 16.5 Å². The molecule has 10 heteroatoms. The van der Waals surface area contributed by atoms with Crippen molar-refractivity contribution in [3.05, 3.63) is 43.9 Å². The highest BCUT2D eigenvalue weighted by Gasteiger charge is 2.34. The molecule has 0 radical (unpaired) electrons. The summed E-state index contributed by atoms with van der Waals surface area (Å²) < 4.78 is 27.8. The van der Waals surface area contributed by atoms with E-state index in [1.807, 2.05) is 0 Å². The van der Waals surface area contributed by atoms with Gasteiger partial charge in [-0.25, -0.2) is 8.42 Å². The number of non-ortho nitro benzene ring substituents is 1. The van der Waals surface area contributed by atoms with Gasteiger partial charge in [-0.2, -0.15) is 4.31 Å². The Morgan fingerprint density at radius 3 is 2.79 bits per heavy atom. The molecule has 1 aliphatic heterocycles. The molecule has 28 heavy (non-hydrogen) atoms. The van der Waals surface area contributed by atoms with Gasteiger partial charge in [0.2, 0.25) is 10.0 Å². The molecule has 0 amide bonds. The second-order valence-electron chi connectivity index (χ2n) is 7.54. The number of aryl methyl sites for hydroxylation is 1. The molecule has 2 aromatic rings. The molecule has 1 atom stereocenters. The van der Waals surface area contributed by atoms with Gasteiger partial charge < -0.3 is 0 Å². The van der Waals surface area contributed by atoms with E-state index in [0.29, 0.717) is 24.6 Å². The van der Waals surface area contributed by atoms with Crippen molar-refractivity contribution in [1.29, 1.82) is 0 Å². The van der Waals surface area contributed by atoms with E-state index in [4.69, 9.17) is 0 Å². The SMILES string of the molecule is Cc1ccc([N+](=O)[O-])cc1S(=O)(=O)N1CCCC(c2nnc(CC(C)C)s2)C1. The van der Waals surface area contributed by atoms with E-state index < -0.39 is 14.9 Å². The van der Waals surface area contributed by atoms with E-state index >= 15 is 0 Å². The minimum absolute atomic E-state index is 0.000102. The van der Waals surface area contributed by atoms with Crippen LogP contribution in [-0.4, -0.2) is 40.9 Å². The molecule has 0 saturated carbocycles. The maximum absolute atomic E-state index is 13.2. The average Bonchev–Trinajstić information content (AvgIpc) is 3.09. The standard InChI is InChI=1S/C18H24N4O4S2/c1-12(2)9-17-19-20-18(27-17)14-5-4-8-21(11-14)28(25,26)16-10-15(22(23)24)7-6-13(16)3/h6-7,10,12,14H,4-5,8-9,11H2,1-3H3. The number of hydrogen-bond donors (Lipinski definition) is 0. The van der Waals surface area contributed by atoms with Crippen molar-refractivity contribution in [3.8, 4) is 0 Å². The Morgan fingerprint density at radius 1 is 1.36 bits per heavy atom. The van der Waals surface area contributed by atoms with Crippen LogP contribution in [0.1, 0.15) is 48.2 Å². The lowest BCUT2D eigenvalue weighted by atomic mass is 10.0. The zero-order chi connectivity index (χ0) is 20.5. The predicted molar refractivity (Wildman–Crippen MR) is 107 cm³/mol. The summed E-state index contributed by atoms with van der Waals surface area (Å²) in [4.78, 5) is 10.5. The van der Waals surface area contributed by atoms with Crippen LogP contribution >= 0.6 is 11.3 Å². The maximum Gasteiger partial charge on any atom is 0.270 e. The largest absolute Gasteiger partial charge is 0.270 e. The second kappa shape index (κ2) is 8.22. The van der Waals surface area contributed by atoms with Gasteiger partial charge in [0.05, 0.1) is 9.82 Å². The van der Waals surface area contributed by atoms with Crippen LogP contribution < -0.4 is 0 Å². The third-order valence-corrected chi connectivity index (χ3v) is 7.91. The van der Waals surface area contributed by atoms with Gasteiger partial charge in [-0.1, -0.05) is 19.9 Å². The summed E-state index contributed by atoms with van der Waals surface area (Å²) in [6.07, 6.45) is 2.44. The Bertz CT molecular complexity index is 972. The summed E-state index contributed by atoms with van der Waals surface area (Å²) in [7, 11) is -3.82. The van der Waals surface area contributed by atoms with Crippen LogP contribution in [0.3, 0.4) is 0 Å². The van der Waals surface area contributed by atoms with Crippen molar-refractivity contribution in [2.75, 3.05) is 13.1 Å². The van der Waals surface area contributed by atoms with Gasteiger partial charge in [0.25, 0.3) is 5.69 Å². The van der Waals surface area contributed by atoms with Crippen molar-refractivity contribution in [1.82, 2.24) is 14.5 Å². The van der Waals surface area contributed by atoms with E-state index in [1.54, 1.807) is 18.3 Å². The molecule has 0 spiro atoms. The van der Waals surface area contributed by atoms with Gasteiger partial charge in [0.15, 0.2) is 0 Å². The van der Waals surface area contributed by atoms with Gasteiger partial charge >= 0.3 is 0 Å². The Balaban J connectivity index is 1.84. The predicted octanol–water partition coefficient (Wildman–Crippen LogP) is 3.52. The van der Waals surface area contributed by atoms with Crippen molar-refractivity contribution in [2.45, 2.75) is 50.8 Å². The smallest absolute Gasteiger partial charge is 0.258 e. The van der Waals surface area contributed by atoms with Crippen LogP contribution in [0.2, 0.25) is 0 Å². The van der Waals surface area contributed by atoms with Crippen LogP contribution in [0.25, 0.3) is 0 Å². The Kier molecular flexibility index (Phi) is 6.11. The molecule has 1 unspecified atom stereocenters. The first-order chi connectivity index (χ1) is 13.2. The second-order valence-corrected chi connectivity index (χ2v) is 10.5. The summed E-state index contributed by atoms with van der Waals surface area (Å²) in [5, 5.41) is 21.4. The van der Waals surface area contributed by atoms with Crippen molar-refractivity contribution in [3.63, 3.8) is 0 Å². The Hall–Kier alpha value is -1.91. The first kappa shape index (κ1) is 20.8. The highest BCUT2D eigenvalue weighted by atomic mass is 32.2. The van der Waals surface area contributed by atoms with E-state index in [0.717, 1.165) is 35.3 Å². The molecular weight excluding hydrogens is 400 g/mol. The van der Waals surface area contributed by atoms with Crippen LogP contribution in [0, 0.1) is 23.0 Å². The molecule has 1 fully saturated rings. The number of benzene rings is 1. The number of piperidine rings is 1. The highest BCUT2D eigenvalue weighted by molar-refractivity contribution is 7.89. The van der Waals surface area contributed by atoms with Gasteiger partial charge in [-0.3, -0.25) is 10.1 Å². The van der Waals surface area contributed by atoms with E-state index in [9.17, 15) is 18.5 Å². The average molecular weight is 425 g/mol. The van der Waals surface area contributed by atoms with Crippen molar-refractivity contribution in [2.24, 2.45) is 5.92 Å². The molecule has 0 aliphatic carbocycles. The summed E-state index contributed by atoms with van der Waals surface area (Å²) in [5.41, 5.74) is 0.281. The zero-order valence-electron chi connectivity index (χ0n) is 16.2. The monoisotopic (exact) mass is 424 g/mol. The summed E-state index contributed by atoms with van der Waals surface area (Å²) >= 11 is 1.55. The molecule has 1 aromatic heterocycles. The summed E-state index contributed by atoms with van der Waals surface area (Å²) in [6, 6.07) is 3.96. The zero-order valence-corrected chi connectivity index (χ0v) is 17.8. The number of rotatable bonds is 6. The quantitative estimate of drug-likeness (QED) is 0.519. The molecule has 152 valence electrons. The van der Waals surface area contributed by atoms with Gasteiger partial charge in [0, 0.05) is 37.6 Å². The van der Waals surface area contributed by atoms with Gasteiger partial charge in [0.1, 0.15) is 10.0 Å². The molecule has 2 heterocycles. The van der Waals surface area contributed by atoms with Crippen LogP contribution in [0.5, 0.6) is 0 Å². The topological polar surface area (TPSA) is 106 Å². The van der Waals surface area contributed by atoms with Crippen molar-refractivity contribution >= 4 is 27.0 Å². The first-order valence-corrected chi connectivity index (χ1v) is 11.5. The number of hydrogen-bond acceptors (Lipinski definition) is 7. The van der Waals surface area contributed by atoms with Crippen molar-refractivity contribution < 1.29 is 13.3 Å². The third-order valence-electron chi connectivity index (χ3n) is 4.80. The summed E-state index contributed by atoms with van der Waals surface area (Å²) in [5.74, 6) is 0.488. The number of aromatic nitrogens is 2. The fraction of sp³-hybridized carbons (Fsp3) is 0.556. The van der Waals surface area contributed by atoms with E-state index in [1.165, 1.54) is 16.4 Å². The minimum Gasteiger partial charge on any atom is -0.258 e. The van der Waals surface area contributed by atoms with Gasteiger partial charge in [-0.05, 0) is 31.2 Å². The molecular formula is C18H24N4O4S2. The lowest BCUT2D eigenvalue weighted by Gasteiger charge is -2.31. The third kappa shape index (κ3) is 4.39. The number of nitro groups is 1. The maximum atomic E-state index is 13.2. The Labute approximate surface area is 168 Å². The normalized spacial score (nSPS) is 18.5. The van der Waals surface area contributed by atoms with Crippen LogP contribution in [0.4, 0.5) is 5.69 Å². The molecule has 1 aromatic carbocycles.